The standard InChI is InChI=1S/C21H25N5O2S/c1-14-8-7-9-15(2)20(14)28-12-18-24-25-21(26(18)22)29-13-19(27)23-16(3)17-10-5-4-6-11-17/h4-11,16H,12-13,22H2,1-3H3,(H,23,27)/t16-/m0/s1. The minimum absolute atomic E-state index is 0.0682. The van der Waals surface area contributed by atoms with Crippen LogP contribution in [0.5, 0.6) is 5.75 Å². The first-order chi connectivity index (χ1) is 14.0. The van der Waals surface area contributed by atoms with Gasteiger partial charge in [-0.05, 0) is 37.5 Å². The lowest BCUT2D eigenvalue weighted by Gasteiger charge is -2.14. The zero-order chi connectivity index (χ0) is 20.8. The summed E-state index contributed by atoms with van der Waals surface area (Å²) in [5, 5.41) is 11.6. The van der Waals surface area contributed by atoms with Crippen LogP contribution in [0.15, 0.2) is 53.7 Å². The second-order valence-electron chi connectivity index (χ2n) is 6.77. The molecule has 0 unspecified atom stereocenters. The zero-order valence-corrected chi connectivity index (χ0v) is 17.6. The molecule has 1 aromatic heterocycles. The minimum atomic E-state index is -0.0947. The van der Waals surface area contributed by atoms with Gasteiger partial charge in [-0.15, -0.1) is 10.2 Å². The summed E-state index contributed by atoms with van der Waals surface area (Å²) in [6.07, 6.45) is 0. The van der Waals surface area contributed by atoms with Gasteiger partial charge >= 0.3 is 0 Å². The molecule has 3 rings (SSSR count). The van der Waals surface area contributed by atoms with E-state index in [9.17, 15) is 4.79 Å². The van der Waals surface area contributed by atoms with Crippen LogP contribution >= 0.6 is 11.8 Å². The number of hydrogen-bond acceptors (Lipinski definition) is 6. The van der Waals surface area contributed by atoms with E-state index in [4.69, 9.17) is 10.6 Å². The Bertz CT molecular complexity index is 954. The van der Waals surface area contributed by atoms with Crippen LogP contribution in [0.25, 0.3) is 0 Å². The van der Waals surface area contributed by atoms with Crippen molar-refractivity contribution in [3.05, 3.63) is 71.0 Å². The lowest BCUT2D eigenvalue weighted by Crippen LogP contribution is -2.28. The van der Waals surface area contributed by atoms with E-state index in [1.165, 1.54) is 16.4 Å². The van der Waals surface area contributed by atoms with Gasteiger partial charge in [-0.3, -0.25) is 4.79 Å². The van der Waals surface area contributed by atoms with E-state index in [0.717, 1.165) is 22.4 Å². The van der Waals surface area contributed by atoms with E-state index in [2.05, 4.69) is 15.5 Å². The summed E-state index contributed by atoms with van der Waals surface area (Å²) < 4.78 is 7.25. The van der Waals surface area contributed by atoms with Crippen molar-refractivity contribution in [2.24, 2.45) is 0 Å². The fourth-order valence-corrected chi connectivity index (χ4v) is 3.59. The van der Waals surface area contributed by atoms with Gasteiger partial charge in [-0.2, -0.15) is 0 Å². The zero-order valence-electron chi connectivity index (χ0n) is 16.8. The number of carbonyl (C=O) groups is 1. The number of carbonyl (C=O) groups excluding carboxylic acids is 1. The summed E-state index contributed by atoms with van der Waals surface area (Å²) in [4.78, 5) is 12.2. The molecule has 0 bridgehead atoms. The third kappa shape index (κ3) is 5.29. The maximum absolute atomic E-state index is 12.2. The Hall–Kier alpha value is -3.00. The Morgan fingerprint density at radius 2 is 1.83 bits per heavy atom. The molecule has 7 nitrogen and oxygen atoms in total. The van der Waals surface area contributed by atoms with Gasteiger partial charge in [0.2, 0.25) is 11.1 Å². The molecule has 1 heterocycles. The normalized spacial score (nSPS) is 11.8. The first kappa shape index (κ1) is 20.7. The number of amides is 1. The number of nitrogens with one attached hydrogen (secondary N) is 1. The molecular weight excluding hydrogens is 386 g/mol. The van der Waals surface area contributed by atoms with Crippen LogP contribution in [0.4, 0.5) is 0 Å². The molecule has 152 valence electrons. The van der Waals surface area contributed by atoms with Crippen molar-refractivity contribution in [3.63, 3.8) is 0 Å². The van der Waals surface area contributed by atoms with E-state index in [-0.39, 0.29) is 24.3 Å². The summed E-state index contributed by atoms with van der Waals surface area (Å²) in [5.41, 5.74) is 3.15. The van der Waals surface area contributed by atoms with E-state index in [1.54, 1.807) is 0 Å². The molecule has 0 spiro atoms. The smallest absolute Gasteiger partial charge is 0.230 e. The molecule has 0 saturated carbocycles. The quantitative estimate of drug-likeness (QED) is 0.437. The molecular formula is C21H25N5O2S. The number of aromatic nitrogens is 3. The Labute approximate surface area is 174 Å². The van der Waals surface area contributed by atoms with Crippen LogP contribution in [0, 0.1) is 13.8 Å². The average Bonchev–Trinajstić information content (AvgIpc) is 3.06. The highest BCUT2D eigenvalue weighted by atomic mass is 32.2. The second-order valence-corrected chi connectivity index (χ2v) is 7.71. The Morgan fingerprint density at radius 1 is 1.14 bits per heavy atom. The molecule has 0 fully saturated rings. The molecule has 1 amide bonds. The molecule has 1 atom stereocenters. The molecule has 0 radical (unpaired) electrons. The van der Waals surface area contributed by atoms with Crippen LogP contribution in [0.2, 0.25) is 0 Å². The molecule has 0 aliphatic rings. The monoisotopic (exact) mass is 411 g/mol. The van der Waals surface area contributed by atoms with Crippen molar-refractivity contribution in [1.82, 2.24) is 20.2 Å². The van der Waals surface area contributed by atoms with Crippen molar-refractivity contribution < 1.29 is 9.53 Å². The number of nitrogens with two attached hydrogens (primary N) is 1. The number of nitrogen functional groups attached to an aromatic ring is 1. The van der Waals surface area contributed by atoms with E-state index >= 15 is 0 Å². The summed E-state index contributed by atoms with van der Waals surface area (Å²) in [6, 6.07) is 15.7. The molecule has 0 aliphatic carbocycles. The van der Waals surface area contributed by atoms with Crippen LogP contribution in [0.3, 0.4) is 0 Å². The van der Waals surface area contributed by atoms with E-state index in [0.29, 0.717) is 11.0 Å². The van der Waals surface area contributed by atoms with Gasteiger partial charge in [0, 0.05) is 0 Å². The largest absolute Gasteiger partial charge is 0.485 e. The molecule has 29 heavy (non-hydrogen) atoms. The Morgan fingerprint density at radius 3 is 2.52 bits per heavy atom. The van der Waals surface area contributed by atoms with Crippen molar-refractivity contribution in [2.75, 3.05) is 11.6 Å². The molecule has 8 heteroatoms. The number of para-hydroxylation sites is 1. The number of thioether (sulfide) groups is 1. The number of nitrogens with zero attached hydrogens (tertiary/aromatic N) is 3. The van der Waals surface area contributed by atoms with Crippen LogP contribution in [-0.4, -0.2) is 26.5 Å². The highest BCUT2D eigenvalue weighted by molar-refractivity contribution is 7.99. The van der Waals surface area contributed by atoms with Crippen molar-refractivity contribution >= 4 is 17.7 Å². The summed E-state index contributed by atoms with van der Waals surface area (Å²) in [7, 11) is 0. The number of rotatable bonds is 8. The predicted octanol–water partition coefficient (Wildman–Crippen LogP) is 3.16. The highest BCUT2D eigenvalue weighted by Crippen LogP contribution is 2.23. The third-order valence-electron chi connectivity index (χ3n) is 4.50. The molecule has 2 aromatic carbocycles. The highest BCUT2D eigenvalue weighted by Gasteiger charge is 2.15. The third-order valence-corrected chi connectivity index (χ3v) is 5.44. The van der Waals surface area contributed by atoms with Gasteiger partial charge in [0.1, 0.15) is 12.4 Å². The van der Waals surface area contributed by atoms with Crippen LogP contribution < -0.4 is 15.9 Å². The van der Waals surface area contributed by atoms with Crippen molar-refractivity contribution in [3.8, 4) is 5.75 Å². The fourth-order valence-electron chi connectivity index (χ4n) is 2.91. The first-order valence-corrected chi connectivity index (χ1v) is 10.3. The number of ether oxygens (including phenoxy) is 1. The Kier molecular flexibility index (Phi) is 6.77. The van der Waals surface area contributed by atoms with Gasteiger partial charge in [0.25, 0.3) is 0 Å². The minimum Gasteiger partial charge on any atom is -0.485 e. The summed E-state index contributed by atoms with van der Waals surface area (Å²) in [6.45, 7) is 6.14. The summed E-state index contributed by atoms with van der Waals surface area (Å²) in [5.74, 6) is 7.50. The lowest BCUT2D eigenvalue weighted by atomic mass is 10.1. The molecule has 3 aromatic rings. The molecule has 0 saturated heterocycles. The van der Waals surface area contributed by atoms with E-state index < -0.39 is 0 Å². The summed E-state index contributed by atoms with van der Waals surface area (Å²) >= 11 is 1.24. The predicted molar refractivity (Wildman–Crippen MR) is 114 cm³/mol. The molecule has 3 N–H and O–H groups in total. The van der Waals surface area contributed by atoms with Crippen molar-refractivity contribution in [1.29, 1.82) is 0 Å². The van der Waals surface area contributed by atoms with E-state index in [1.807, 2.05) is 69.3 Å². The maximum atomic E-state index is 12.2. The van der Waals surface area contributed by atoms with Gasteiger partial charge in [0.15, 0.2) is 5.82 Å². The first-order valence-electron chi connectivity index (χ1n) is 9.31. The van der Waals surface area contributed by atoms with Gasteiger partial charge in [-0.25, -0.2) is 4.68 Å². The fraction of sp³-hybridized carbons (Fsp3) is 0.286. The van der Waals surface area contributed by atoms with Gasteiger partial charge in [-0.1, -0.05) is 60.3 Å². The lowest BCUT2D eigenvalue weighted by molar-refractivity contribution is -0.119. The van der Waals surface area contributed by atoms with Crippen LogP contribution in [-0.2, 0) is 11.4 Å². The van der Waals surface area contributed by atoms with Gasteiger partial charge in [0.05, 0.1) is 11.8 Å². The SMILES string of the molecule is Cc1cccc(C)c1OCc1nnc(SCC(=O)N[C@@H](C)c2ccccc2)n1N. The van der Waals surface area contributed by atoms with Crippen molar-refractivity contribution in [2.45, 2.75) is 38.6 Å². The van der Waals surface area contributed by atoms with Crippen LogP contribution in [0.1, 0.15) is 35.5 Å². The number of hydrogen-bond donors (Lipinski definition) is 2. The second kappa shape index (κ2) is 9.47. The Balaban J connectivity index is 1.53. The number of aryl methyl sites for hydroxylation is 2. The van der Waals surface area contributed by atoms with Gasteiger partial charge < -0.3 is 15.9 Å². The number of benzene rings is 2. The average molecular weight is 412 g/mol. The maximum Gasteiger partial charge on any atom is 0.230 e. The topological polar surface area (TPSA) is 95.1 Å². The molecule has 0 aliphatic heterocycles.